The highest BCUT2D eigenvalue weighted by Crippen LogP contribution is 2.40. The highest BCUT2D eigenvalue weighted by Gasteiger charge is 2.34. The topological polar surface area (TPSA) is 242 Å². The number of nitrogens with two attached hydrogens (primary N) is 1. The first-order valence-electron chi connectivity index (χ1n) is 43.0. The summed E-state index contributed by atoms with van der Waals surface area (Å²) in [4.78, 5) is 53.1. The molecule has 5 fully saturated rings. The average molecular weight is 1640 g/mol. The zero-order valence-electron chi connectivity index (χ0n) is 72.8. The van der Waals surface area contributed by atoms with E-state index in [4.69, 9.17) is 53.8 Å². The molecule has 10 heterocycles. The van der Waals surface area contributed by atoms with Crippen LogP contribution in [-0.2, 0) is 18.8 Å². The van der Waals surface area contributed by atoms with Gasteiger partial charge in [-0.1, -0.05) is 12.8 Å². The van der Waals surface area contributed by atoms with E-state index in [0.717, 1.165) is 221 Å². The minimum absolute atomic E-state index is 0.298. The minimum Gasteiger partial charge on any atom is -0.497 e. The van der Waals surface area contributed by atoms with Crippen LogP contribution in [0.5, 0.6) is 34.5 Å². The first kappa shape index (κ1) is 86.3. The molecule has 5 atom stereocenters. The molecule has 5 aliphatic rings. The Morgan fingerprint density at radius 1 is 0.446 bits per heavy atom. The van der Waals surface area contributed by atoms with Gasteiger partial charge in [-0.3, -0.25) is 39.1 Å². The number of allylic oxidation sites excluding steroid dienone is 1. The Morgan fingerprint density at radius 2 is 0.860 bits per heavy atom. The molecule has 3 unspecified atom stereocenters. The lowest BCUT2D eigenvalue weighted by molar-refractivity contribution is -0.0790. The molecule has 5 saturated heterocycles. The summed E-state index contributed by atoms with van der Waals surface area (Å²) in [6.45, 7) is 22.9. The summed E-state index contributed by atoms with van der Waals surface area (Å²) in [5, 5.41) is 8.58. The third-order valence-corrected chi connectivity index (χ3v) is 24.0. The maximum Gasteiger partial charge on any atom is 0.124 e. The van der Waals surface area contributed by atoms with E-state index in [1.807, 2.05) is 81.6 Å². The number of nitrogens with zero attached hydrogens (tertiary/aromatic N) is 19. The number of rotatable bonds is 30. The molecule has 0 saturated carbocycles. The number of aromatic nitrogens is 10. The van der Waals surface area contributed by atoms with Gasteiger partial charge >= 0.3 is 0 Å². The summed E-state index contributed by atoms with van der Waals surface area (Å²) in [7, 11) is 15.6. The molecule has 0 spiro atoms. The second-order valence-corrected chi connectivity index (χ2v) is 32.5. The fourth-order valence-electron chi connectivity index (χ4n) is 17.7. The monoisotopic (exact) mass is 1640 g/mol. The Bertz CT molecular complexity index is 5210. The van der Waals surface area contributed by atoms with Gasteiger partial charge in [-0.05, 0) is 179 Å². The van der Waals surface area contributed by atoms with E-state index in [9.17, 15) is 0 Å². The van der Waals surface area contributed by atoms with E-state index in [2.05, 4.69) is 169 Å². The third kappa shape index (κ3) is 22.2. The molecule has 0 amide bonds. The lowest BCUT2D eigenvalue weighted by Gasteiger charge is -2.39. The predicted molar refractivity (Wildman–Crippen MR) is 485 cm³/mol. The van der Waals surface area contributed by atoms with Crippen molar-refractivity contribution in [3.8, 4) is 57.0 Å². The summed E-state index contributed by atoms with van der Waals surface area (Å²) in [5.41, 5.74) is 22.0. The lowest BCUT2D eigenvalue weighted by Crippen LogP contribution is -2.50. The van der Waals surface area contributed by atoms with E-state index in [-0.39, 0.29) is 0 Å². The van der Waals surface area contributed by atoms with Gasteiger partial charge in [0.2, 0.25) is 0 Å². The summed E-state index contributed by atoms with van der Waals surface area (Å²) < 4.78 is 43.2. The summed E-state index contributed by atoms with van der Waals surface area (Å²) in [6, 6.07) is 38.9. The molecule has 16 rings (SSSR count). The van der Waals surface area contributed by atoms with Gasteiger partial charge in [-0.2, -0.15) is 10.2 Å². The van der Waals surface area contributed by atoms with Gasteiger partial charge in [-0.25, -0.2) is 15.0 Å². The van der Waals surface area contributed by atoms with E-state index >= 15 is 0 Å². The SMILES string of the molecule is CN=CC(=CN)c1cnc2ccc(N(CCCN3CCC(N4C[C@@H](C)O[C@H](C)C4)C3)c3cc(OC)cc(OC)c3)cc2n1.COc1cc(OC)cc(N(CCCN2CCC(N3CCCCC3)C2)c2ccc3ncc(-c4cnn(C)c4)nc3c2)c1.COc1cc(OC)cc(N(CCCN2CCCCC2C)c2ccc3ncc(-c4cnn(C)c4)nc3c2)c1. The Labute approximate surface area is 713 Å². The number of aliphatic imine (C=N–C) groups is 1. The fourth-order valence-corrected chi connectivity index (χ4v) is 17.7. The van der Waals surface area contributed by atoms with Gasteiger partial charge in [0.25, 0.3) is 0 Å². The lowest BCUT2D eigenvalue weighted by atomic mass is 10.0. The zero-order valence-corrected chi connectivity index (χ0v) is 72.8. The number of anilines is 6. The summed E-state index contributed by atoms with van der Waals surface area (Å²) in [5.74, 6) is 4.57. The Morgan fingerprint density at radius 3 is 1.26 bits per heavy atom. The van der Waals surface area contributed by atoms with Crippen LogP contribution in [0, 0.1) is 0 Å². The van der Waals surface area contributed by atoms with E-state index in [0.29, 0.717) is 30.0 Å². The Balaban J connectivity index is 0.000000149. The Kier molecular flexibility index (Phi) is 29.6. The molecule has 11 aromatic rings. The van der Waals surface area contributed by atoms with Gasteiger partial charge in [-0.15, -0.1) is 0 Å². The molecule has 0 bridgehead atoms. The maximum atomic E-state index is 5.97. The van der Waals surface area contributed by atoms with Crippen molar-refractivity contribution in [2.24, 2.45) is 24.8 Å². The van der Waals surface area contributed by atoms with E-state index in [1.54, 1.807) is 71.5 Å². The molecule has 27 nitrogen and oxygen atoms in total. The van der Waals surface area contributed by atoms with Crippen molar-refractivity contribution in [1.29, 1.82) is 0 Å². The van der Waals surface area contributed by atoms with Crippen LogP contribution in [0.3, 0.4) is 0 Å². The van der Waals surface area contributed by atoms with Crippen LogP contribution in [0.2, 0.25) is 0 Å². The van der Waals surface area contributed by atoms with Crippen LogP contribution in [-0.4, -0.2) is 258 Å². The molecule has 2 N–H and O–H groups in total. The smallest absolute Gasteiger partial charge is 0.124 e. The van der Waals surface area contributed by atoms with Crippen LogP contribution in [0.4, 0.5) is 34.1 Å². The van der Waals surface area contributed by atoms with Gasteiger partial charge < -0.3 is 68.3 Å². The van der Waals surface area contributed by atoms with Crippen LogP contribution in [0.15, 0.2) is 164 Å². The number of methoxy groups -OCH3 is 6. The Hall–Kier alpha value is -11.1. The van der Waals surface area contributed by atoms with Crippen LogP contribution >= 0.6 is 0 Å². The number of aryl methyl sites for hydroxylation is 2. The minimum atomic E-state index is 0.298. The molecule has 0 radical (unpaired) electrons. The van der Waals surface area contributed by atoms with Crippen molar-refractivity contribution in [3.63, 3.8) is 0 Å². The fraction of sp³-hybridized carbons (Fsp3) is 0.457. The number of benzene rings is 6. The molecular formula is C94H122N20O7. The second-order valence-electron chi connectivity index (χ2n) is 32.5. The number of hydrogen-bond donors (Lipinski definition) is 1. The number of morpholine rings is 1. The molecule has 640 valence electrons. The standard InChI is InChI=1S/C33H45N7O3.C32H41N7O2.C29H36N6O2/c1-23-20-39(21-24(2)43-23)27-9-12-38(22-27)10-6-11-40(28-13-29(41-4)16-30(14-28)42-5)26-7-8-31-32(15-26)37-33(19-36-31)25(17-34)18-35-3;1-36-22-24(20-34-36)32-21-33-30-9-8-25(18-31(30)35-32)39(27-16-28(40-2)19-29(17-27)41-3)14-7-11-37-15-10-26(23-37)38-12-5-4-6-13-38;1-21-8-5-6-11-34(21)12-7-13-35(24-14-25(36-3)17-26(15-24)37-4)23-9-10-27-28(16-23)32-29(19-30-27)22-18-31-33(2)20-22/h7-8,13-19,23-24,27H,6,9-12,20-22,34H2,1-5H3;8-9,16-22,26H,4-7,10-15,23H2,1-3H3;9-10,14-21H,5-8,11-13H2,1-4H3/t23-,24-,27?;;/m1../s1. The third-order valence-electron chi connectivity index (χ3n) is 24.0. The number of ether oxygens (including phenoxy) is 7. The van der Waals surface area contributed by atoms with Gasteiger partial charge in [0.15, 0.2) is 0 Å². The number of hydrogen-bond acceptors (Lipinski definition) is 25. The number of fused-ring (bicyclic) bond motifs is 3. The first-order valence-corrected chi connectivity index (χ1v) is 43.0. The predicted octanol–water partition coefficient (Wildman–Crippen LogP) is 14.9. The molecule has 121 heavy (non-hydrogen) atoms. The number of likely N-dealkylation sites (tertiary alicyclic amines) is 4. The maximum absolute atomic E-state index is 5.97. The van der Waals surface area contributed by atoms with Crippen molar-refractivity contribution in [3.05, 3.63) is 164 Å². The van der Waals surface area contributed by atoms with Crippen molar-refractivity contribution in [1.82, 2.24) is 74.0 Å². The largest absolute Gasteiger partial charge is 0.497 e. The summed E-state index contributed by atoms with van der Waals surface area (Å²) in [6.07, 6.45) is 30.3. The van der Waals surface area contributed by atoms with Crippen LogP contribution in [0.1, 0.15) is 97.1 Å². The van der Waals surface area contributed by atoms with Gasteiger partial charge in [0.05, 0.1) is 136 Å². The second kappa shape index (κ2) is 41.5. The quantitative estimate of drug-likeness (QED) is 0.0411. The molecule has 5 aliphatic heterocycles. The highest BCUT2D eigenvalue weighted by molar-refractivity contribution is 6.09. The molecule has 6 aromatic carbocycles. The average Bonchev–Trinajstić information content (AvgIpc) is 1.74. The highest BCUT2D eigenvalue weighted by atomic mass is 16.5. The van der Waals surface area contributed by atoms with Gasteiger partial charge in [0, 0.05) is 222 Å². The number of piperidine rings is 2. The zero-order chi connectivity index (χ0) is 84.3. The van der Waals surface area contributed by atoms with Crippen molar-refractivity contribution in [2.75, 3.05) is 163 Å². The normalized spacial score (nSPS) is 18.9. The molecule has 27 heteroatoms. The molecule has 5 aromatic heterocycles. The molecule has 0 aliphatic carbocycles. The van der Waals surface area contributed by atoms with E-state index < -0.39 is 0 Å². The molecular weight excluding hydrogens is 1520 g/mol. The summed E-state index contributed by atoms with van der Waals surface area (Å²) >= 11 is 0. The van der Waals surface area contributed by atoms with Crippen molar-refractivity contribution >= 4 is 79.0 Å². The van der Waals surface area contributed by atoms with E-state index in [1.165, 1.54) is 90.3 Å². The van der Waals surface area contributed by atoms with Crippen LogP contribution < -0.4 is 48.9 Å². The van der Waals surface area contributed by atoms with Gasteiger partial charge in [0.1, 0.15) is 34.5 Å². The van der Waals surface area contributed by atoms with Crippen molar-refractivity contribution in [2.45, 2.75) is 122 Å². The first-order chi connectivity index (χ1) is 59.0. The van der Waals surface area contributed by atoms with Crippen molar-refractivity contribution < 1.29 is 33.2 Å². The van der Waals surface area contributed by atoms with Crippen LogP contribution in [0.25, 0.3) is 61.2 Å².